The van der Waals surface area contributed by atoms with E-state index in [1.807, 2.05) is 6.07 Å². The number of rotatable bonds is 9. The lowest BCUT2D eigenvalue weighted by Gasteiger charge is -2.26. The number of nitrogens with one attached hydrogen (secondary N) is 2. The van der Waals surface area contributed by atoms with Crippen LogP contribution in [0.4, 0.5) is 4.79 Å². The second-order valence-corrected chi connectivity index (χ2v) is 9.98. The van der Waals surface area contributed by atoms with Gasteiger partial charge < -0.3 is 10.6 Å². The van der Waals surface area contributed by atoms with Crippen molar-refractivity contribution in [2.24, 2.45) is 0 Å². The second kappa shape index (κ2) is 10.0. The van der Waals surface area contributed by atoms with E-state index in [4.69, 9.17) is 0 Å². The first-order valence-electron chi connectivity index (χ1n) is 9.63. The molecule has 1 saturated heterocycles. The van der Waals surface area contributed by atoms with Crippen molar-refractivity contribution in [3.05, 3.63) is 52.7 Å². The molecule has 1 aliphatic rings. The molecule has 2 heterocycles. The number of thiophene rings is 1. The van der Waals surface area contributed by atoms with Crippen molar-refractivity contribution in [3.8, 4) is 0 Å². The van der Waals surface area contributed by atoms with Crippen molar-refractivity contribution in [2.45, 2.75) is 30.2 Å². The van der Waals surface area contributed by atoms with Gasteiger partial charge in [0, 0.05) is 18.0 Å². The number of carbonyl (C=O) groups is 1. The molecule has 0 bridgehead atoms. The number of urea groups is 1. The fourth-order valence-electron chi connectivity index (χ4n) is 3.41. The number of hydrogen-bond donors (Lipinski definition) is 2. The van der Waals surface area contributed by atoms with Crippen molar-refractivity contribution in [1.29, 1.82) is 0 Å². The number of carbonyl (C=O) groups excluding carboxylic acids is 1. The third kappa shape index (κ3) is 5.80. The van der Waals surface area contributed by atoms with Gasteiger partial charge in [-0.2, -0.15) is 0 Å². The normalized spacial score (nSPS) is 16.0. The van der Waals surface area contributed by atoms with E-state index in [2.05, 4.69) is 27.0 Å². The third-order valence-corrected chi connectivity index (χ3v) is 7.68. The van der Waals surface area contributed by atoms with Gasteiger partial charge in [-0.25, -0.2) is 13.2 Å². The minimum atomic E-state index is -3.30. The molecule has 3 rings (SSSR count). The average Bonchev–Trinajstić information content (AvgIpc) is 3.41. The molecule has 1 aromatic heterocycles. The highest BCUT2D eigenvalue weighted by Crippen LogP contribution is 2.27. The number of sulfone groups is 1. The SMILES string of the molecule is O=C(NCCCS(=O)(=O)c1ccccc1)NCC(c1cccs1)N1CCCC1. The van der Waals surface area contributed by atoms with E-state index in [0.717, 1.165) is 13.1 Å². The lowest BCUT2D eigenvalue weighted by Crippen LogP contribution is -2.41. The first kappa shape index (κ1) is 20.8. The molecule has 6 nitrogen and oxygen atoms in total. The van der Waals surface area contributed by atoms with Gasteiger partial charge in [0.1, 0.15) is 0 Å². The summed E-state index contributed by atoms with van der Waals surface area (Å²) < 4.78 is 24.5. The fourth-order valence-corrected chi connectivity index (χ4v) is 5.60. The lowest BCUT2D eigenvalue weighted by molar-refractivity contribution is 0.222. The van der Waals surface area contributed by atoms with Gasteiger partial charge in [0.25, 0.3) is 0 Å². The van der Waals surface area contributed by atoms with Crippen LogP contribution < -0.4 is 10.6 Å². The van der Waals surface area contributed by atoms with E-state index in [1.165, 1.54) is 17.7 Å². The van der Waals surface area contributed by atoms with Gasteiger partial charge in [-0.05, 0) is 55.9 Å². The zero-order chi connectivity index (χ0) is 19.8. The summed E-state index contributed by atoms with van der Waals surface area (Å²) in [5, 5.41) is 7.77. The van der Waals surface area contributed by atoms with Crippen LogP contribution in [-0.2, 0) is 9.84 Å². The van der Waals surface area contributed by atoms with Crippen LogP contribution in [0.2, 0.25) is 0 Å². The molecule has 2 N–H and O–H groups in total. The van der Waals surface area contributed by atoms with Crippen LogP contribution in [0, 0.1) is 0 Å². The van der Waals surface area contributed by atoms with Gasteiger partial charge in [0.05, 0.1) is 16.7 Å². The van der Waals surface area contributed by atoms with E-state index in [0.29, 0.717) is 24.4 Å². The van der Waals surface area contributed by atoms with Crippen LogP contribution in [0.5, 0.6) is 0 Å². The summed E-state index contributed by atoms with van der Waals surface area (Å²) in [6.45, 7) is 2.99. The highest BCUT2D eigenvalue weighted by Gasteiger charge is 2.24. The van der Waals surface area contributed by atoms with Crippen molar-refractivity contribution in [1.82, 2.24) is 15.5 Å². The standard InChI is InChI=1S/C20H27N3O3S2/c24-20(21-11-7-15-28(25,26)17-8-2-1-3-9-17)22-16-18(19-10-6-14-27-19)23-12-4-5-13-23/h1-3,6,8-10,14,18H,4-5,7,11-13,15-16H2,(H2,21,22,24). The Morgan fingerprint density at radius 1 is 1.07 bits per heavy atom. The van der Waals surface area contributed by atoms with E-state index < -0.39 is 9.84 Å². The quantitative estimate of drug-likeness (QED) is 0.610. The molecule has 1 atom stereocenters. The maximum Gasteiger partial charge on any atom is 0.314 e. The molecule has 1 aliphatic heterocycles. The molecule has 1 unspecified atom stereocenters. The largest absolute Gasteiger partial charge is 0.338 e. The molecule has 28 heavy (non-hydrogen) atoms. The lowest BCUT2D eigenvalue weighted by atomic mass is 10.2. The Hall–Kier alpha value is -1.90. The Kier molecular flexibility index (Phi) is 7.47. The van der Waals surface area contributed by atoms with Crippen molar-refractivity contribution in [2.75, 3.05) is 31.9 Å². The summed E-state index contributed by atoms with van der Waals surface area (Å²) >= 11 is 1.71. The van der Waals surface area contributed by atoms with Crippen molar-refractivity contribution < 1.29 is 13.2 Å². The molecule has 2 aromatic rings. The van der Waals surface area contributed by atoms with Gasteiger partial charge in [0.15, 0.2) is 9.84 Å². The topological polar surface area (TPSA) is 78.5 Å². The van der Waals surface area contributed by atoms with E-state index in [-0.39, 0.29) is 17.8 Å². The van der Waals surface area contributed by atoms with Crippen LogP contribution in [-0.4, -0.2) is 51.3 Å². The first-order valence-corrected chi connectivity index (χ1v) is 12.2. The predicted molar refractivity (Wildman–Crippen MR) is 112 cm³/mol. The van der Waals surface area contributed by atoms with E-state index in [9.17, 15) is 13.2 Å². The van der Waals surface area contributed by atoms with Crippen LogP contribution in [0.25, 0.3) is 0 Å². The second-order valence-electron chi connectivity index (χ2n) is 6.90. The number of likely N-dealkylation sites (tertiary alicyclic amines) is 1. The Morgan fingerprint density at radius 2 is 1.82 bits per heavy atom. The van der Waals surface area contributed by atoms with Crippen molar-refractivity contribution in [3.63, 3.8) is 0 Å². The Balaban J connectivity index is 1.41. The molecule has 152 valence electrons. The van der Waals surface area contributed by atoms with E-state index in [1.54, 1.807) is 41.7 Å². The predicted octanol–water partition coefficient (Wildman–Crippen LogP) is 3.05. The summed E-state index contributed by atoms with van der Waals surface area (Å²) in [5.74, 6) is 0.0168. The van der Waals surface area contributed by atoms with Gasteiger partial charge in [0.2, 0.25) is 0 Å². The number of nitrogens with zero attached hydrogens (tertiary/aromatic N) is 1. The van der Waals surface area contributed by atoms with Crippen LogP contribution in [0.1, 0.15) is 30.2 Å². The molecule has 0 radical (unpaired) electrons. The first-order chi connectivity index (χ1) is 13.6. The monoisotopic (exact) mass is 421 g/mol. The summed E-state index contributed by atoms with van der Waals surface area (Å²) in [5.41, 5.74) is 0. The molecule has 0 aliphatic carbocycles. The number of benzene rings is 1. The number of hydrogen-bond acceptors (Lipinski definition) is 5. The fraction of sp³-hybridized carbons (Fsp3) is 0.450. The Labute approximate surface area is 170 Å². The summed E-state index contributed by atoms with van der Waals surface area (Å²) in [4.78, 5) is 16.1. The van der Waals surface area contributed by atoms with Gasteiger partial charge in [-0.15, -0.1) is 11.3 Å². The third-order valence-electron chi connectivity index (χ3n) is 4.89. The maximum absolute atomic E-state index is 12.2. The van der Waals surface area contributed by atoms with Crippen LogP contribution in [0.3, 0.4) is 0 Å². The molecular formula is C20H27N3O3S2. The molecule has 8 heteroatoms. The zero-order valence-corrected chi connectivity index (χ0v) is 17.5. The minimum Gasteiger partial charge on any atom is -0.338 e. The minimum absolute atomic E-state index is 0.0168. The average molecular weight is 422 g/mol. The maximum atomic E-state index is 12.2. The molecule has 2 amide bonds. The van der Waals surface area contributed by atoms with Crippen molar-refractivity contribution >= 4 is 27.2 Å². The van der Waals surface area contributed by atoms with Gasteiger partial charge in [-0.3, -0.25) is 4.90 Å². The Bertz CT molecular complexity index is 833. The highest BCUT2D eigenvalue weighted by atomic mass is 32.2. The smallest absolute Gasteiger partial charge is 0.314 e. The molecule has 0 saturated carbocycles. The van der Waals surface area contributed by atoms with E-state index >= 15 is 0 Å². The zero-order valence-electron chi connectivity index (χ0n) is 15.8. The van der Waals surface area contributed by atoms with Gasteiger partial charge in [-0.1, -0.05) is 24.3 Å². The van der Waals surface area contributed by atoms with Gasteiger partial charge >= 0.3 is 6.03 Å². The molecule has 1 aromatic carbocycles. The molecule has 1 fully saturated rings. The molecule has 0 spiro atoms. The summed E-state index contributed by atoms with van der Waals surface area (Å²) in [6.07, 6.45) is 2.78. The molecular weight excluding hydrogens is 394 g/mol. The van der Waals surface area contributed by atoms with Crippen LogP contribution in [0.15, 0.2) is 52.7 Å². The summed E-state index contributed by atoms with van der Waals surface area (Å²) in [7, 11) is -3.30. The van der Waals surface area contributed by atoms with Crippen LogP contribution >= 0.6 is 11.3 Å². The number of amides is 2. The highest BCUT2D eigenvalue weighted by molar-refractivity contribution is 7.91. The summed E-state index contributed by atoms with van der Waals surface area (Å²) in [6, 6.07) is 12.5. The Morgan fingerprint density at radius 3 is 2.50 bits per heavy atom.